The normalized spacial score (nSPS) is 11.9. The Kier molecular flexibility index (Phi) is 5.49. The van der Waals surface area contributed by atoms with Crippen LogP contribution in [0.3, 0.4) is 0 Å². The Bertz CT molecular complexity index is 1250. The van der Waals surface area contributed by atoms with Gasteiger partial charge < -0.3 is 10.4 Å². The Morgan fingerprint density at radius 3 is 2.39 bits per heavy atom. The molecule has 31 heavy (non-hydrogen) atoms. The molecule has 0 saturated carbocycles. The summed E-state index contributed by atoms with van der Waals surface area (Å²) in [6.45, 7) is 2.15. The smallest absolute Gasteiger partial charge is 0.335 e. The van der Waals surface area contributed by atoms with Gasteiger partial charge in [0.15, 0.2) is 0 Å². The molecule has 0 aliphatic rings. The lowest BCUT2D eigenvalue weighted by Gasteiger charge is -2.16. The van der Waals surface area contributed by atoms with Crippen molar-refractivity contribution in [3.63, 3.8) is 0 Å². The molecule has 156 valence electrons. The Morgan fingerprint density at radius 1 is 1.03 bits per heavy atom. The van der Waals surface area contributed by atoms with Crippen molar-refractivity contribution in [1.82, 2.24) is 15.1 Å². The van der Waals surface area contributed by atoms with Gasteiger partial charge in [0, 0.05) is 5.39 Å². The van der Waals surface area contributed by atoms with Crippen molar-refractivity contribution in [2.24, 2.45) is 0 Å². The molecule has 2 N–H and O–H groups in total. The quantitative estimate of drug-likeness (QED) is 0.487. The predicted molar refractivity (Wildman–Crippen MR) is 115 cm³/mol. The Labute approximate surface area is 177 Å². The molecule has 0 unspecified atom stereocenters. The molecule has 3 aromatic carbocycles. The number of nitrogens with zero attached hydrogens (tertiary/aromatic N) is 2. The lowest BCUT2D eigenvalue weighted by atomic mass is 10.1. The van der Waals surface area contributed by atoms with Crippen molar-refractivity contribution in [3.05, 3.63) is 101 Å². The lowest BCUT2D eigenvalue weighted by Crippen LogP contribution is -2.29. The van der Waals surface area contributed by atoms with E-state index in [-0.39, 0.29) is 23.3 Å². The number of aromatic nitrogens is 2. The Balaban J connectivity index is 1.63. The van der Waals surface area contributed by atoms with Crippen LogP contribution in [0.15, 0.2) is 72.8 Å². The second-order valence-corrected chi connectivity index (χ2v) is 7.27. The van der Waals surface area contributed by atoms with E-state index < -0.39 is 5.97 Å². The second-order valence-electron chi connectivity index (χ2n) is 7.27. The maximum absolute atomic E-state index is 13.3. The molecule has 1 atom stereocenters. The number of halogens is 1. The number of fused-ring (bicyclic) bond motifs is 1. The SMILES string of the molecule is C[C@H](NC(=O)c1c2ccccc2nn1Cc1ccc(F)cc1)c1ccc(C(=O)O)cc1. The summed E-state index contributed by atoms with van der Waals surface area (Å²) in [6, 6.07) is 19.5. The molecule has 1 amide bonds. The topological polar surface area (TPSA) is 84.2 Å². The minimum absolute atomic E-state index is 0.186. The summed E-state index contributed by atoms with van der Waals surface area (Å²) < 4.78 is 14.9. The van der Waals surface area contributed by atoms with Gasteiger partial charge in [-0.25, -0.2) is 9.18 Å². The molecule has 0 spiro atoms. The molecule has 4 aromatic rings. The number of hydrogen-bond acceptors (Lipinski definition) is 3. The second kappa shape index (κ2) is 8.39. The number of aromatic carboxylic acids is 1. The van der Waals surface area contributed by atoms with Crippen molar-refractivity contribution in [1.29, 1.82) is 0 Å². The Morgan fingerprint density at radius 2 is 1.71 bits per heavy atom. The predicted octanol–water partition coefficient (Wildman–Crippen LogP) is 4.41. The standard InChI is InChI=1S/C24H20FN3O3/c1-15(17-8-10-18(11-9-17)24(30)31)26-23(29)22-20-4-2-3-5-21(20)27-28(22)14-16-6-12-19(25)13-7-16/h2-13,15H,14H2,1H3,(H,26,29)(H,30,31)/t15-/m0/s1. The van der Waals surface area contributed by atoms with Gasteiger partial charge in [-0.15, -0.1) is 0 Å². The largest absolute Gasteiger partial charge is 0.478 e. The minimum Gasteiger partial charge on any atom is -0.478 e. The third-order valence-electron chi connectivity index (χ3n) is 5.11. The van der Waals surface area contributed by atoms with Crippen LogP contribution in [0, 0.1) is 5.82 Å². The van der Waals surface area contributed by atoms with Gasteiger partial charge in [0.1, 0.15) is 11.5 Å². The summed E-state index contributed by atoms with van der Waals surface area (Å²) in [4.78, 5) is 24.3. The van der Waals surface area contributed by atoms with Crippen molar-refractivity contribution in [2.75, 3.05) is 0 Å². The zero-order chi connectivity index (χ0) is 22.0. The summed E-state index contributed by atoms with van der Waals surface area (Å²) >= 11 is 0. The van der Waals surface area contributed by atoms with Gasteiger partial charge >= 0.3 is 5.97 Å². The van der Waals surface area contributed by atoms with Crippen LogP contribution >= 0.6 is 0 Å². The Hall–Kier alpha value is -4.00. The first-order valence-electron chi connectivity index (χ1n) is 9.76. The molecule has 0 radical (unpaired) electrons. The first-order valence-corrected chi connectivity index (χ1v) is 9.76. The molecule has 0 bridgehead atoms. The zero-order valence-electron chi connectivity index (χ0n) is 16.7. The molecule has 0 aliphatic heterocycles. The highest BCUT2D eigenvalue weighted by molar-refractivity contribution is 6.05. The molecule has 7 heteroatoms. The number of hydrogen-bond donors (Lipinski definition) is 2. The van der Waals surface area contributed by atoms with Gasteiger partial charge in [-0.1, -0.05) is 42.5 Å². The highest BCUT2D eigenvalue weighted by Gasteiger charge is 2.20. The average Bonchev–Trinajstić information content (AvgIpc) is 3.13. The molecular formula is C24H20FN3O3. The van der Waals surface area contributed by atoms with Gasteiger partial charge in [-0.3, -0.25) is 9.48 Å². The molecule has 1 aromatic heterocycles. The fraction of sp³-hybridized carbons (Fsp3) is 0.125. The van der Waals surface area contributed by atoms with E-state index in [1.165, 1.54) is 24.3 Å². The minimum atomic E-state index is -1.00. The van der Waals surface area contributed by atoms with Crippen molar-refractivity contribution < 1.29 is 19.1 Å². The van der Waals surface area contributed by atoms with Gasteiger partial charge in [-0.05, 0) is 48.4 Å². The molecule has 1 heterocycles. The highest BCUT2D eigenvalue weighted by atomic mass is 19.1. The zero-order valence-corrected chi connectivity index (χ0v) is 16.7. The molecule has 0 fully saturated rings. The molecule has 6 nitrogen and oxygen atoms in total. The number of rotatable bonds is 6. The maximum atomic E-state index is 13.3. The number of carbonyl (C=O) groups is 2. The van der Waals surface area contributed by atoms with E-state index in [1.807, 2.05) is 31.2 Å². The summed E-state index contributed by atoms with van der Waals surface area (Å²) in [5.74, 6) is -1.62. The van der Waals surface area contributed by atoms with E-state index in [0.29, 0.717) is 17.8 Å². The van der Waals surface area contributed by atoms with Crippen LogP contribution in [0.1, 0.15) is 44.9 Å². The van der Waals surface area contributed by atoms with E-state index in [1.54, 1.807) is 28.9 Å². The first-order chi connectivity index (χ1) is 14.9. The summed E-state index contributed by atoms with van der Waals surface area (Å²) in [6.07, 6.45) is 0. The third-order valence-corrected chi connectivity index (χ3v) is 5.11. The van der Waals surface area contributed by atoms with Crippen LogP contribution in [0.4, 0.5) is 4.39 Å². The molecule has 0 saturated heterocycles. The van der Waals surface area contributed by atoms with Crippen molar-refractivity contribution in [2.45, 2.75) is 19.5 Å². The van der Waals surface area contributed by atoms with Gasteiger partial charge in [0.2, 0.25) is 0 Å². The monoisotopic (exact) mass is 417 g/mol. The van der Waals surface area contributed by atoms with Crippen LogP contribution in [-0.2, 0) is 6.54 Å². The van der Waals surface area contributed by atoms with Crippen LogP contribution in [0.25, 0.3) is 10.9 Å². The van der Waals surface area contributed by atoms with Crippen LogP contribution in [-0.4, -0.2) is 26.8 Å². The number of benzene rings is 3. The van der Waals surface area contributed by atoms with E-state index in [2.05, 4.69) is 10.4 Å². The third kappa shape index (κ3) is 4.30. The van der Waals surface area contributed by atoms with E-state index in [4.69, 9.17) is 5.11 Å². The lowest BCUT2D eigenvalue weighted by molar-refractivity contribution is 0.0696. The van der Waals surface area contributed by atoms with E-state index >= 15 is 0 Å². The number of carboxylic acid groups (broad SMARTS) is 1. The van der Waals surface area contributed by atoms with Crippen LogP contribution in [0.5, 0.6) is 0 Å². The molecule has 0 aliphatic carbocycles. The van der Waals surface area contributed by atoms with E-state index in [0.717, 1.165) is 16.5 Å². The first kappa shape index (κ1) is 20.3. The van der Waals surface area contributed by atoms with Gasteiger partial charge in [0.25, 0.3) is 5.91 Å². The number of amides is 1. The van der Waals surface area contributed by atoms with Crippen molar-refractivity contribution in [3.8, 4) is 0 Å². The van der Waals surface area contributed by atoms with Gasteiger partial charge in [-0.2, -0.15) is 5.10 Å². The summed E-state index contributed by atoms with van der Waals surface area (Å²) in [7, 11) is 0. The van der Waals surface area contributed by atoms with Crippen LogP contribution < -0.4 is 5.32 Å². The highest BCUT2D eigenvalue weighted by Crippen LogP contribution is 2.21. The fourth-order valence-electron chi connectivity index (χ4n) is 3.46. The summed E-state index contributed by atoms with van der Waals surface area (Å²) in [5.41, 5.74) is 2.89. The number of carboxylic acids is 1. The number of carbonyl (C=O) groups excluding carboxylic acids is 1. The average molecular weight is 417 g/mol. The fourth-order valence-corrected chi connectivity index (χ4v) is 3.46. The van der Waals surface area contributed by atoms with Gasteiger partial charge in [0.05, 0.1) is 23.7 Å². The molecular weight excluding hydrogens is 397 g/mol. The maximum Gasteiger partial charge on any atom is 0.335 e. The van der Waals surface area contributed by atoms with Crippen LogP contribution in [0.2, 0.25) is 0 Å². The molecule has 4 rings (SSSR count). The van der Waals surface area contributed by atoms with E-state index in [9.17, 15) is 14.0 Å². The number of nitrogens with one attached hydrogen (secondary N) is 1. The summed E-state index contributed by atoms with van der Waals surface area (Å²) in [5, 5.41) is 17.3. The van der Waals surface area contributed by atoms with Crippen molar-refractivity contribution >= 4 is 22.8 Å².